The van der Waals surface area contributed by atoms with Crippen molar-refractivity contribution in [1.29, 1.82) is 0 Å². The molecule has 0 radical (unpaired) electrons. The van der Waals surface area contributed by atoms with E-state index in [9.17, 15) is 8.42 Å². The van der Waals surface area contributed by atoms with Gasteiger partial charge in [0.15, 0.2) is 11.5 Å². The number of fused-ring (bicyclic) bond motifs is 1. The highest BCUT2D eigenvalue weighted by Crippen LogP contribution is 2.32. The lowest BCUT2D eigenvalue weighted by atomic mass is 9.91. The van der Waals surface area contributed by atoms with Crippen LogP contribution in [0.25, 0.3) is 16.7 Å². The van der Waals surface area contributed by atoms with Crippen molar-refractivity contribution in [3.8, 4) is 11.4 Å². The molecule has 7 nitrogen and oxygen atoms in total. The largest absolute Gasteiger partial charge is 0.497 e. The Bertz CT molecular complexity index is 1480. The second kappa shape index (κ2) is 8.43. The fourth-order valence-corrected chi connectivity index (χ4v) is 5.16. The van der Waals surface area contributed by atoms with Gasteiger partial charge in [-0.25, -0.2) is 18.1 Å². The molecule has 34 heavy (non-hydrogen) atoms. The highest BCUT2D eigenvalue weighted by molar-refractivity contribution is 7.92. The van der Waals surface area contributed by atoms with Crippen molar-refractivity contribution in [2.24, 2.45) is 0 Å². The second-order valence-corrected chi connectivity index (χ2v) is 11.3. The normalized spacial score (nSPS) is 12.2. The first-order valence-corrected chi connectivity index (χ1v) is 12.5. The van der Waals surface area contributed by atoms with E-state index >= 15 is 0 Å². The number of sulfonamides is 1. The Balaban J connectivity index is 1.94. The van der Waals surface area contributed by atoms with Crippen LogP contribution >= 0.6 is 0 Å². The van der Waals surface area contributed by atoms with E-state index in [1.165, 1.54) is 19.2 Å². The first-order chi connectivity index (χ1) is 15.9. The highest BCUT2D eigenvalue weighted by Gasteiger charge is 2.24. The molecular weight excluding hydrogens is 448 g/mol. The molecule has 2 aromatic carbocycles. The van der Waals surface area contributed by atoms with Crippen LogP contribution in [0.5, 0.6) is 5.75 Å². The van der Waals surface area contributed by atoms with Gasteiger partial charge < -0.3 is 4.74 Å². The fraction of sp³-hybridized carbons (Fsp3) is 0.308. The predicted octanol–water partition coefficient (Wildman–Crippen LogP) is 5.45. The van der Waals surface area contributed by atoms with E-state index in [1.807, 2.05) is 26.0 Å². The van der Waals surface area contributed by atoms with Crippen molar-refractivity contribution >= 4 is 26.9 Å². The van der Waals surface area contributed by atoms with Crippen molar-refractivity contribution in [2.45, 2.75) is 51.9 Å². The summed E-state index contributed by atoms with van der Waals surface area (Å²) in [6.07, 6.45) is 0. The number of pyridine rings is 1. The molecule has 4 rings (SSSR count). The minimum atomic E-state index is -3.91. The molecule has 0 spiro atoms. The smallest absolute Gasteiger partial charge is 0.263 e. The van der Waals surface area contributed by atoms with Crippen molar-refractivity contribution in [3.63, 3.8) is 0 Å². The van der Waals surface area contributed by atoms with Gasteiger partial charge in [0.1, 0.15) is 5.75 Å². The van der Waals surface area contributed by atoms with Crippen LogP contribution in [0.1, 0.15) is 43.2 Å². The van der Waals surface area contributed by atoms with E-state index in [4.69, 9.17) is 14.8 Å². The lowest BCUT2D eigenvalue weighted by molar-refractivity contribution is 0.413. The number of anilines is 1. The minimum absolute atomic E-state index is 0.0940. The molecule has 1 N–H and O–H groups in total. The summed E-state index contributed by atoms with van der Waals surface area (Å²) < 4.78 is 36.1. The van der Waals surface area contributed by atoms with Crippen molar-refractivity contribution in [1.82, 2.24) is 14.8 Å². The van der Waals surface area contributed by atoms with Crippen molar-refractivity contribution in [2.75, 3.05) is 11.8 Å². The first kappa shape index (κ1) is 23.8. The third-order valence-corrected chi connectivity index (χ3v) is 7.07. The zero-order valence-electron chi connectivity index (χ0n) is 20.6. The van der Waals surface area contributed by atoms with E-state index in [1.54, 1.807) is 16.8 Å². The molecule has 0 aliphatic heterocycles. The quantitative estimate of drug-likeness (QED) is 0.412. The number of hydrogen-bond acceptors (Lipinski definition) is 5. The van der Waals surface area contributed by atoms with Crippen LogP contribution in [0.4, 0.5) is 5.82 Å². The number of nitrogens with one attached hydrogen (secondary N) is 1. The average molecular weight is 479 g/mol. The maximum Gasteiger partial charge on any atom is 0.263 e. The molecule has 4 aromatic rings. The van der Waals surface area contributed by atoms with Gasteiger partial charge in [-0.05, 0) is 56.2 Å². The summed E-state index contributed by atoms with van der Waals surface area (Å²) in [4.78, 5) is 5.02. The number of nitrogens with zero attached hydrogens (tertiary/aromatic N) is 3. The number of benzene rings is 2. The molecule has 0 saturated heterocycles. The summed E-state index contributed by atoms with van der Waals surface area (Å²) in [6.45, 7) is 12.4. The number of rotatable bonds is 5. The molecule has 0 saturated carbocycles. The highest BCUT2D eigenvalue weighted by atomic mass is 32.2. The lowest BCUT2D eigenvalue weighted by Crippen LogP contribution is -2.14. The predicted molar refractivity (Wildman–Crippen MR) is 136 cm³/mol. The summed E-state index contributed by atoms with van der Waals surface area (Å²) in [6, 6.07) is 14.3. The molecule has 0 aliphatic rings. The zero-order valence-corrected chi connectivity index (χ0v) is 21.4. The zero-order chi connectivity index (χ0) is 24.8. The fourth-order valence-electron chi connectivity index (χ4n) is 4.11. The maximum absolute atomic E-state index is 13.2. The lowest BCUT2D eigenvalue weighted by Gasteiger charge is -2.18. The molecule has 2 heterocycles. The monoisotopic (exact) mass is 478 g/mol. The van der Waals surface area contributed by atoms with Gasteiger partial charge in [0, 0.05) is 17.2 Å². The Morgan fingerprint density at radius 1 is 0.971 bits per heavy atom. The molecular formula is C26H30N4O3S. The van der Waals surface area contributed by atoms with E-state index < -0.39 is 10.0 Å². The molecule has 2 aromatic heterocycles. The van der Waals surface area contributed by atoms with Gasteiger partial charge in [-0.1, -0.05) is 44.5 Å². The molecule has 0 unspecified atom stereocenters. The number of aryl methyl sites for hydroxylation is 3. The topological polar surface area (TPSA) is 86.1 Å². The van der Waals surface area contributed by atoms with Gasteiger partial charge in [0.25, 0.3) is 10.0 Å². The Kier molecular flexibility index (Phi) is 5.89. The summed E-state index contributed by atoms with van der Waals surface area (Å²) in [5, 5.41) is 5.34. The van der Waals surface area contributed by atoms with Crippen LogP contribution < -0.4 is 9.46 Å². The molecule has 0 atom stereocenters. The molecule has 0 aliphatic carbocycles. The molecule has 8 heteroatoms. The van der Waals surface area contributed by atoms with Crippen LogP contribution in [0.2, 0.25) is 0 Å². The molecule has 0 bridgehead atoms. The third-order valence-electron chi connectivity index (χ3n) is 5.73. The van der Waals surface area contributed by atoms with Gasteiger partial charge in [-0.2, -0.15) is 0 Å². The number of hydrogen-bond donors (Lipinski definition) is 1. The van der Waals surface area contributed by atoms with Gasteiger partial charge in [0.05, 0.1) is 23.1 Å². The average Bonchev–Trinajstić information content (AvgIpc) is 3.09. The first-order valence-electron chi connectivity index (χ1n) is 11.1. The van der Waals surface area contributed by atoms with E-state index in [0.29, 0.717) is 16.8 Å². The molecule has 0 amide bonds. The SMILES string of the molecule is COc1cccc(S(=O)(=O)Nc2nn(-c3c(C)cc(C)cc3C)c3nc(C(C)(C)C)ccc23)c1. The number of methoxy groups -OCH3 is 1. The Morgan fingerprint density at radius 2 is 1.65 bits per heavy atom. The third kappa shape index (κ3) is 4.37. The van der Waals surface area contributed by atoms with Gasteiger partial charge in [-0.3, -0.25) is 4.72 Å². The van der Waals surface area contributed by atoms with Crippen molar-refractivity contribution < 1.29 is 13.2 Å². The van der Waals surface area contributed by atoms with E-state index in [0.717, 1.165) is 28.1 Å². The summed E-state index contributed by atoms with van der Waals surface area (Å²) in [7, 11) is -2.41. The summed E-state index contributed by atoms with van der Waals surface area (Å²) in [5.74, 6) is 0.686. The van der Waals surface area contributed by atoms with E-state index in [2.05, 4.69) is 44.5 Å². The van der Waals surface area contributed by atoms with Gasteiger partial charge in [-0.15, -0.1) is 5.10 Å². The maximum atomic E-state index is 13.2. The number of aromatic nitrogens is 3. The standard InChI is InChI=1S/C26H30N4O3S/c1-16-13-17(2)23(18(3)14-16)30-25-21(11-12-22(27-25)26(4,5)6)24(28-30)29-34(31,32)20-10-8-9-19(15-20)33-7/h8-15H,1-7H3,(H,28,29). The van der Waals surface area contributed by atoms with Crippen LogP contribution in [-0.4, -0.2) is 30.3 Å². The Labute approximate surface area is 200 Å². The minimum Gasteiger partial charge on any atom is -0.497 e. The number of ether oxygens (including phenoxy) is 1. The Morgan fingerprint density at radius 3 is 2.26 bits per heavy atom. The van der Waals surface area contributed by atoms with Crippen molar-refractivity contribution in [3.05, 3.63) is 70.9 Å². The summed E-state index contributed by atoms with van der Waals surface area (Å²) >= 11 is 0. The van der Waals surface area contributed by atoms with Crippen LogP contribution in [0.3, 0.4) is 0 Å². The second-order valence-electron chi connectivity index (χ2n) is 9.61. The summed E-state index contributed by atoms with van der Waals surface area (Å²) in [5.41, 5.74) is 5.43. The van der Waals surface area contributed by atoms with Gasteiger partial charge in [0.2, 0.25) is 0 Å². The Hall–Kier alpha value is -3.39. The van der Waals surface area contributed by atoms with Crippen LogP contribution in [0, 0.1) is 20.8 Å². The van der Waals surface area contributed by atoms with E-state index in [-0.39, 0.29) is 16.1 Å². The van der Waals surface area contributed by atoms with Crippen LogP contribution in [0.15, 0.2) is 53.4 Å². The molecule has 178 valence electrons. The molecule has 0 fully saturated rings. The van der Waals surface area contributed by atoms with Gasteiger partial charge >= 0.3 is 0 Å². The van der Waals surface area contributed by atoms with Crippen LogP contribution in [-0.2, 0) is 15.4 Å².